The Morgan fingerprint density at radius 3 is 0.727 bits per heavy atom. The zero-order valence-corrected chi connectivity index (χ0v) is 45.9. The van der Waals surface area contributed by atoms with Gasteiger partial charge in [-0.3, -0.25) is 8.88 Å². The van der Waals surface area contributed by atoms with Gasteiger partial charge in [-0.2, -0.15) is 0 Å². The Bertz CT molecular complexity index is 3930. The number of hydrogen-bond acceptors (Lipinski definition) is 8. The summed E-state index contributed by atoms with van der Waals surface area (Å²) in [4.78, 5) is 0.211. The topological polar surface area (TPSA) is 77.5 Å². The van der Waals surface area contributed by atoms with Crippen molar-refractivity contribution < 1.29 is 26.5 Å². The molecule has 14 rings (SSSR count). The third-order valence-corrected chi connectivity index (χ3v) is 30.0. The van der Waals surface area contributed by atoms with Gasteiger partial charge in [0.1, 0.15) is 23.0 Å². The zero-order chi connectivity index (χ0) is 52.3. The highest BCUT2D eigenvalue weighted by Gasteiger charge is 2.48. The van der Waals surface area contributed by atoms with Crippen molar-refractivity contribution in [3.63, 3.8) is 0 Å². The number of para-hydroxylation sites is 4. The molecule has 0 spiro atoms. The molecule has 13 heteroatoms. The van der Waals surface area contributed by atoms with E-state index in [0.717, 1.165) is 65.7 Å². The van der Waals surface area contributed by atoms with Gasteiger partial charge in [-0.15, -0.1) is 0 Å². The number of anilines is 2. The average molecular weight is 1100 g/mol. The molecule has 4 aliphatic heterocycles. The predicted molar refractivity (Wildman–Crippen MR) is 328 cm³/mol. The zero-order valence-electron chi connectivity index (χ0n) is 41.5. The molecule has 0 bridgehead atoms. The molecule has 376 valence electrons. The summed E-state index contributed by atoms with van der Waals surface area (Å²) in [6.07, 6.45) is 20.2. The van der Waals surface area contributed by atoms with Crippen molar-refractivity contribution in [1.29, 1.82) is 0 Å². The Morgan fingerprint density at radius 1 is 0.273 bits per heavy atom. The maximum atomic E-state index is 15.1. The van der Waals surface area contributed by atoms with Crippen molar-refractivity contribution in [3.8, 4) is 67.5 Å². The number of nitrogens with zero attached hydrogens (tertiary/aromatic N) is 2. The molecule has 0 saturated heterocycles. The summed E-state index contributed by atoms with van der Waals surface area (Å²) in [5, 5.41) is 3.68. The minimum atomic E-state index is -4.13. The van der Waals surface area contributed by atoms with Gasteiger partial charge in [-0.25, -0.2) is 8.42 Å². The lowest BCUT2D eigenvalue weighted by molar-refractivity contribution is 0.596. The summed E-state index contributed by atoms with van der Waals surface area (Å²) in [5.41, 5.74) is 9.20. The second-order valence-electron chi connectivity index (χ2n) is 19.3. The van der Waals surface area contributed by atoms with Gasteiger partial charge in [-0.1, -0.05) is 146 Å². The quantitative estimate of drug-likeness (QED) is 0.139. The highest BCUT2D eigenvalue weighted by molar-refractivity contribution is 7.95. The third kappa shape index (κ3) is 7.16. The Balaban J connectivity index is 0.891. The van der Waals surface area contributed by atoms with Crippen LogP contribution in [-0.2, 0) is 9.84 Å². The third-order valence-electron chi connectivity index (χ3n) is 14.8. The van der Waals surface area contributed by atoms with E-state index in [9.17, 15) is 0 Å². The lowest BCUT2D eigenvalue weighted by atomic mass is 10.0. The maximum absolute atomic E-state index is 15.1. The van der Waals surface area contributed by atoms with Crippen LogP contribution in [0.5, 0.6) is 23.0 Å². The van der Waals surface area contributed by atoms with Crippen molar-refractivity contribution in [2.75, 3.05) is 8.88 Å². The van der Waals surface area contributed by atoms with Crippen LogP contribution in [0.4, 0.5) is 11.4 Å². The van der Waals surface area contributed by atoms with Crippen molar-refractivity contribution in [2.45, 2.75) is 9.79 Å². The van der Waals surface area contributed by atoms with Crippen LogP contribution < -0.4 is 48.2 Å². The van der Waals surface area contributed by atoms with Crippen LogP contribution in [0, 0.1) is 0 Å². The molecule has 0 amide bonds. The number of sulfone groups is 1. The molecule has 0 saturated carbocycles. The summed E-state index contributed by atoms with van der Waals surface area (Å²) in [6.45, 7) is 0. The van der Waals surface area contributed by atoms with Crippen molar-refractivity contribution >= 4 is 96.7 Å². The van der Waals surface area contributed by atoms with E-state index in [4.69, 9.17) is 43.3 Å². The summed E-state index contributed by atoms with van der Waals surface area (Å²) in [7, 11) is -16.9. The van der Waals surface area contributed by atoms with Crippen LogP contribution in [0.1, 0.15) is 0 Å². The fraction of sp³-hybridized carbons (Fsp3) is 0. The van der Waals surface area contributed by atoms with Crippen molar-refractivity contribution in [3.05, 3.63) is 243 Å². The van der Waals surface area contributed by atoms with E-state index >= 15 is 8.42 Å². The molecule has 8 nitrogen and oxygen atoms in total. The molecular weight excluding hydrogens is 1050 g/mol. The SMILES string of the molecule is C=P1(N(c2ccc(S(=O)(=O)c3ccc(N(P4(=C)Oc5ccccc5-c5ccccc54)P4(=C)Oc5ccccc5-c5ccccc54)cc3)cc2)P2(=C)Oc3ccccc3-c3ccccc32)Oc2ccccc2-c2ccccc21. The van der Waals surface area contributed by atoms with E-state index in [1.807, 2.05) is 146 Å². The van der Waals surface area contributed by atoms with E-state index in [0.29, 0.717) is 34.4 Å². The highest BCUT2D eigenvalue weighted by atomic mass is 32.2. The monoisotopic (exact) mass is 1100 g/mol. The Morgan fingerprint density at radius 2 is 0.481 bits per heavy atom. The van der Waals surface area contributed by atoms with Crippen molar-refractivity contribution in [2.24, 2.45) is 0 Å². The van der Waals surface area contributed by atoms with Crippen LogP contribution in [0.2, 0.25) is 0 Å². The molecule has 77 heavy (non-hydrogen) atoms. The van der Waals surface area contributed by atoms with Gasteiger partial charge in [0.25, 0.3) is 0 Å². The van der Waals surface area contributed by atoms with Crippen molar-refractivity contribution in [1.82, 2.24) is 0 Å². The summed E-state index contributed by atoms with van der Waals surface area (Å²) >= 11 is 0. The second kappa shape index (κ2) is 17.6. The predicted octanol–water partition coefficient (Wildman–Crippen LogP) is 14.8. The fourth-order valence-corrected chi connectivity index (χ4v) is 27.0. The first-order valence-corrected chi connectivity index (χ1v) is 33.8. The van der Waals surface area contributed by atoms with Crippen LogP contribution >= 0.6 is 29.1 Å². The molecule has 0 N–H and O–H groups in total. The van der Waals surface area contributed by atoms with E-state index in [2.05, 4.69) is 81.7 Å². The smallest absolute Gasteiger partial charge is 0.206 e. The van der Waals surface area contributed by atoms with E-state index in [-0.39, 0.29) is 9.79 Å². The van der Waals surface area contributed by atoms with Gasteiger partial charge < -0.3 is 18.1 Å². The van der Waals surface area contributed by atoms with E-state index < -0.39 is 38.9 Å². The van der Waals surface area contributed by atoms with Gasteiger partial charge in [0.2, 0.25) is 9.84 Å². The molecule has 10 aromatic carbocycles. The highest BCUT2D eigenvalue weighted by Crippen LogP contribution is 2.73. The summed E-state index contributed by atoms with van der Waals surface area (Å²) in [5.74, 6) is 2.80. The Hall–Kier alpha value is -7.85. The first-order chi connectivity index (χ1) is 37.4. The number of fused-ring (bicyclic) bond motifs is 12. The molecule has 0 aromatic heterocycles. The fourth-order valence-electron chi connectivity index (χ4n) is 11.4. The summed E-state index contributed by atoms with van der Waals surface area (Å²) in [6, 6.07) is 78.8. The van der Waals surface area contributed by atoms with Crippen LogP contribution in [0.25, 0.3) is 44.5 Å². The Labute approximate surface area is 449 Å². The molecule has 0 radical (unpaired) electrons. The number of benzene rings is 10. The largest absolute Gasteiger partial charge is 0.453 e. The molecule has 10 aromatic rings. The lowest BCUT2D eigenvalue weighted by Crippen LogP contribution is -2.36. The number of rotatable bonds is 8. The molecule has 4 heterocycles. The standard InChI is InChI=1S/C64H48N2O6P4S/c1-73(61-33-17-9-25-53(61)49-21-5-13-29-57(49)69-73)65(74(2)62-34-18-10-26-54(62)50-22-6-14-30-58(50)70-74)45-37-41-47(42-38-45)77(67,68)48-43-39-46(40-44-48)66(75(3)63-35-19-11-27-55(63)51-23-7-15-31-59(51)71-75)76(4)64-36-20-12-28-56(64)52-24-8-16-32-60(52)72-76/h5-44H,1-4H2. The molecule has 4 atom stereocenters. The van der Waals surface area contributed by atoms with E-state index in [1.54, 1.807) is 24.3 Å². The minimum absolute atomic E-state index is 0.105. The molecule has 4 aliphatic rings. The van der Waals surface area contributed by atoms with Crippen LogP contribution in [0.15, 0.2) is 252 Å². The van der Waals surface area contributed by atoms with Gasteiger partial charge >= 0.3 is 0 Å². The van der Waals surface area contributed by atoms with Gasteiger partial charge in [0, 0.05) is 54.8 Å². The summed E-state index contributed by atoms with van der Waals surface area (Å²) < 4.78 is 63.5. The van der Waals surface area contributed by atoms with Crippen LogP contribution in [-0.4, -0.2) is 33.6 Å². The molecular formula is C64H48N2O6P4S. The Kier molecular flexibility index (Phi) is 10.9. The van der Waals surface area contributed by atoms with Gasteiger partial charge in [0.05, 0.1) is 9.79 Å². The molecule has 0 aliphatic carbocycles. The van der Waals surface area contributed by atoms with Gasteiger partial charge in [0.15, 0.2) is 29.1 Å². The first-order valence-electron chi connectivity index (χ1n) is 25.0. The normalized spacial score (nSPS) is 20.9. The van der Waals surface area contributed by atoms with Crippen LogP contribution in [0.3, 0.4) is 0 Å². The minimum Gasteiger partial charge on any atom is -0.453 e. The average Bonchev–Trinajstić information content (AvgIpc) is 3.66. The van der Waals surface area contributed by atoms with E-state index in [1.165, 1.54) is 0 Å². The number of hydrogen-bond donors (Lipinski definition) is 0. The second-order valence-corrected chi connectivity index (χ2v) is 31.7. The maximum Gasteiger partial charge on any atom is 0.206 e. The van der Waals surface area contributed by atoms with Gasteiger partial charge in [-0.05, 0) is 145 Å². The first kappa shape index (κ1) is 47.6. The molecule has 0 fully saturated rings. The lowest BCUT2D eigenvalue weighted by Gasteiger charge is -2.49. The molecule has 4 unspecified atom stereocenters.